The van der Waals surface area contributed by atoms with Crippen LogP contribution >= 0.6 is 0 Å². The van der Waals surface area contributed by atoms with Crippen LogP contribution in [0.2, 0.25) is 0 Å². The largest absolute Gasteiger partial charge is 0.309 e. The Morgan fingerprint density at radius 1 is 1.42 bits per heavy atom. The minimum atomic E-state index is -3.54. The van der Waals surface area contributed by atoms with Gasteiger partial charge in [-0.3, -0.25) is 0 Å². The average molecular weight is 278 g/mol. The molecule has 102 valence electrons. The highest BCUT2D eigenvalue weighted by atomic mass is 32.2. The zero-order valence-electron chi connectivity index (χ0n) is 10.9. The zero-order chi connectivity index (χ0) is 13.9. The van der Waals surface area contributed by atoms with Crippen molar-refractivity contribution in [2.45, 2.75) is 43.8 Å². The summed E-state index contributed by atoms with van der Waals surface area (Å²) in [7, 11) is -3.54. The fraction of sp³-hybridized carbons (Fsp3) is 0.429. The van der Waals surface area contributed by atoms with Crippen LogP contribution in [0.4, 0.5) is 0 Å². The smallest absolute Gasteiger partial charge is 0.241 e. The molecule has 1 aliphatic heterocycles. The van der Waals surface area contributed by atoms with Crippen LogP contribution in [0.3, 0.4) is 0 Å². The van der Waals surface area contributed by atoms with E-state index in [2.05, 4.69) is 16.0 Å². The van der Waals surface area contributed by atoms with Gasteiger partial charge in [-0.05, 0) is 29.7 Å². The molecule has 2 N–H and O–H groups in total. The number of terminal acetylenes is 1. The lowest BCUT2D eigenvalue weighted by Gasteiger charge is -2.13. The molecule has 1 aromatic rings. The van der Waals surface area contributed by atoms with Crippen molar-refractivity contribution in [3.8, 4) is 12.3 Å². The molecule has 0 amide bonds. The van der Waals surface area contributed by atoms with E-state index in [1.807, 2.05) is 13.0 Å². The molecule has 1 aromatic carbocycles. The van der Waals surface area contributed by atoms with Crippen molar-refractivity contribution in [2.75, 3.05) is 0 Å². The Kier molecular flexibility index (Phi) is 4.25. The molecule has 0 bridgehead atoms. The Bertz CT molecular complexity index is 602. The summed E-state index contributed by atoms with van der Waals surface area (Å²) in [6, 6.07) is 4.76. The fourth-order valence-corrected chi connectivity index (χ4v) is 3.40. The van der Waals surface area contributed by atoms with Gasteiger partial charge in [0.25, 0.3) is 0 Å². The van der Waals surface area contributed by atoms with Crippen LogP contribution in [0.15, 0.2) is 23.1 Å². The Hall–Kier alpha value is -1.35. The highest BCUT2D eigenvalue weighted by Crippen LogP contribution is 2.20. The van der Waals surface area contributed by atoms with Gasteiger partial charge >= 0.3 is 0 Å². The van der Waals surface area contributed by atoms with Gasteiger partial charge in [0.2, 0.25) is 10.0 Å². The Balaban J connectivity index is 2.22. The first-order valence-electron chi connectivity index (χ1n) is 6.38. The fourth-order valence-electron chi connectivity index (χ4n) is 2.16. The molecule has 1 atom stereocenters. The van der Waals surface area contributed by atoms with Crippen LogP contribution in [-0.2, 0) is 23.1 Å². The lowest BCUT2D eigenvalue weighted by atomic mass is 10.1. The zero-order valence-corrected chi connectivity index (χ0v) is 11.8. The predicted octanol–water partition coefficient (Wildman–Crippen LogP) is 1.37. The number of fused-ring (bicyclic) bond motifs is 1. The summed E-state index contributed by atoms with van der Waals surface area (Å²) in [4.78, 5) is 0.284. The molecule has 0 saturated carbocycles. The maximum Gasteiger partial charge on any atom is 0.241 e. The molecule has 4 nitrogen and oxygen atoms in total. The average Bonchev–Trinajstić information content (AvgIpc) is 2.85. The van der Waals surface area contributed by atoms with Crippen molar-refractivity contribution >= 4 is 10.0 Å². The van der Waals surface area contributed by atoms with Crippen molar-refractivity contribution in [2.24, 2.45) is 0 Å². The first-order chi connectivity index (χ1) is 9.06. The quantitative estimate of drug-likeness (QED) is 0.800. The van der Waals surface area contributed by atoms with Crippen molar-refractivity contribution in [1.82, 2.24) is 10.0 Å². The Morgan fingerprint density at radius 3 is 2.84 bits per heavy atom. The topological polar surface area (TPSA) is 58.2 Å². The van der Waals surface area contributed by atoms with Crippen LogP contribution in [0.5, 0.6) is 0 Å². The highest BCUT2D eigenvalue weighted by molar-refractivity contribution is 7.89. The lowest BCUT2D eigenvalue weighted by Crippen LogP contribution is -2.33. The number of hydrogen-bond acceptors (Lipinski definition) is 3. The molecule has 5 heteroatoms. The summed E-state index contributed by atoms with van der Waals surface area (Å²) in [6.07, 6.45) is 6.83. The maximum atomic E-state index is 12.2. The van der Waals surface area contributed by atoms with Crippen molar-refractivity contribution < 1.29 is 8.42 Å². The molecule has 0 aliphatic carbocycles. The number of benzene rings is 1. The maximum absolute atomic E-state index is 12.2. The normalized spacial score (nSPS) is 15.8. The number of hydrogen-bond donors (Lipinski definition) is 2. The van der Waals surface area contributed by atoms with E-state index in [-0.39, 0.29) is 4.90 Å². The van der Waals surface area contributed by atoms with Crippen molar-refractivity contribution in [3.63, 3.8) is 0 Å². The van der Waals surface area contributed by atoms with Gasteiger partial charge in [-0.25, -0.2) is 8.42 Å². The lowest BCUT2D eigenvalue weighted by molar-refractivity contribution is 0.564. The third-order valence-electron chi connectivity index (χ3n) is 3.19. The second-order valence-corrected chi connectivity index (χ2v) is 6.38. The molecule has 1 unspecified atom stereocenters. The van der Waals surface area contributed by atoms with E-state index >= 15 is 0 Å². The monoisotopic (exact) mass is 278 g/mol. The summed E-state index contributed by atoms with van der Waals surface area (Å²) in [5, 5.41) is 3.19. The van der Waals surface area contributed by atoms with Gasteiger partial charge in [-0.1, -0.05) is 25.3 Å². The third-order valence-corrected chi connectivity index (χ3v) is 4.66. The highest BCUT2D eigenvalue weighted by Gasteiger charge is 2.20. The summed E-state index contributed by atoms with van der Waals surface area (Å²) >= 11 is 0. The van der Waals surface area contributed by atoms with Gasteiger partial charge in [0.05, 0.1) is 10.9 Å². The van der Waals surface area contributed by atoms with Crippen LogP contribution in [0.1, 0.15) is 30.9 Å². The second kappa shape index (κ2) is 5.74. The van der Waals surface area contributed by atoms with Crippen molar-refractivity contribution in [3.05, 3.63) is 29.3 Å². The summed E-state index contributed by atoms with van der Waals surface area (Å²) in [5.74, 6) is 2.48. The molecule has 19 heavy (non-hydrogen) atoms. The van der Waals surface area contributed by atoms with Gasteiger partial charge in [0, 0.05) is 13.1 Å². The first kappa shape index (κ1) is 14.1. The van der Waals surface area contributed by atoms with Gasteiger partial charge in [-0.2, -0.15) is 4.72 Å². The molecule has 1 heterocycles. The molecule has 2 rings (SSSR count). The van der Waals surface area contributed by atoms with E-state index in [9.17, 15) is 8.42 Å². The molecule has 0 spiro atoms. The Morgan fingerprint density at radius 2 is 2.16 bits per heavy atom. The number of nitrogens with one attached hydrogen (secondary N) is 2. The van der Waals surface area contributed by atoms with Crippen LogP contribution in [-0.4, -0.2) is 14.5 Å². The van der Waals surface area contributed by atoms with Gasteiger partial charge < -0.3 is 5.32 Å². The van der Waals surface area contributed by atoms with E-state index in [0.29, 0.717) is 13.0 Å². The minimum absolute atomic E-state index is 0.284. The number of sulfonamides is 1. The minimum Gasteiger partial charge on any atom is -0.309 e. The molecule has 0 fully saturated rings. The van der Waals surface area contributed by atoms with Gasteiger partial charge in [0.15, 0.2) is 0 Å². The second-order valence-electron chi connectivity index (χ2n) is 4.66. The summed E-state index contributed by atoms with van der Waals surface area (Å²) in [6.45, 7) is 3.48. The third kappa shape index (κ3) is 3.16. The molecular formula is C14H18N2O2S. The van der Waals surface area contributed by atoms with E-state index in [1.54, 1.807) is 12.1 Å². The van der Waals surface area contributed by atoms with Crippen LogP contribution in [0.25, 0.3) is 0 Å². The molecular weight excluding hydrogens is 260 g/mol. The van der Waals surface area contributed by atoms with Gasteiger partial charge in [0.1, 0.15) is 0 Å². The summed E-state index contributed by atoms with van der Waals surface area (Å²) in [5.41, 5.74) is 2.19. The first-order valence-corrected chi connectivity index (χ1v) is 7.86. The SMILES string of the molecule is C#CC(CCC)NS(=O)(=O)c1ccc2c(c1)CNC2. The predicted molar refractivity (Wildman–Crippen MR) is 74.8 cm³/mol. The van der Waals surface area contributed by atoms with E-state index < -0.39 is 16.1 Å². The summed E-state index contributed by atoms with van der Waals surface area (Å²) < 4.78 is 27.1. The van der Waals surface area contributed by atoms with E-state index in [1.165, 1.54) is 0 Å². The van der Waals surface area contributed by atoms with Crippen molar-refractivity contribution in [1.29, 1.82) is 0 Å². The molecule has 1 aliphatic rings. The van der Waals surface area contributed by atoms with Gasteiger partial charge in [-0.15, -0.1) is 6.42 Å². The standard InChI is InChI=1S/C14H18N2O2S/c1-3-5-13(4-2)16-19(17,18)14-7-6-11-9-15-10-12(11)8-14/h2,6-8,13,15-16H,3,5,9-10H2,1H3. The molecule has 0 saturated heterocycles. The Labute approximate surface area is 114 Å². The molecule has 0 aromatic heterocycles. The number of rotatable bonds is 5. The molecule has 0 radical (unpaired) electrons. The van der Waals surface area contributed by atoms with Crippen LogP contribution in [0, 0.1) is 12.3 Å². The van der Waals surface area contributed by atoms with E-state index in [0.717, 1.165) is 24.1 Å². The van der Waals surface area contributed by atoms with E-state index in [4.69, 9.17) is 6.42 Å². The van der Waals surface area contributed by atoms with Crippen LogP contribution < -0.4 is 10.0 Å².